The molecule has 1 amide bonds. The van der Waals surface area contributed by atoms with E-state index >= 15 is 0 Å². The van der Waals surface area contributed by atoms with Crippen LogP contribution in [-0.4, -0.2) is 23.9 Å². The molecule has 0 saturated heterocycles. The molecule has 0 bridgehead atoms. The molecule has 1 aromatic heterocycles. The van der Waals surface area contributed by atoms with Crippen LogP contribution in [0.3, 0.4) is 0 Å². The van der Waals surface area contributed by atoms with Crippen LogP contribution in [0.15, 0.2) is 35.7 Å². The van der Waals surface area contributed by atoms with Crippen molar-refractivity contribution in [1.29, 1.82) is 0 Å². The van der Waals surface area contributed by atoms with Crippen LogP contribution in [0.2, 0.25) is 0 Å². The molecule has 0 fully saturated rings. The maximum atomic E-state index is 12.4. The monoisotopic (exact) mass is 330 g/mol. The number of nitrogens with zero attached hydrogens (tertiary/aromatic N) is 1. The minimum absolute atomic E-state index is 0.0269. The summed E-state index contributed by atoms with van der Waals surface area (Å²) in [5, 5.41) is 5.10. The summed E-state index contributed by atoms with van der Waals surface area (Å²) in [6.45, 7) is 9.18. The summed E-state index contributed by atoms with van der Waals surface area (Å²) in [6, 6.07) is 10.0. The summed E-state index contributed by atoms with van der Waals surface area (Å²) >= 11 is 1.74. The van der Waals surface area contributed by atoms with Crippen LogP contribution in [0.5, 0.6) is 0 Å². The molecule has 124 valence electrons. The van der Waals surface area contributed by atoms with Crippen LogP contribution < -0.4 is 5.32 Å². The molecule has 0 aliphatic carbocycles. The van der Waals surface area contributed by atoms with E-state index in [9.17, 15) is 4.79 Å². The Morgan fingerprint density at radius 3 is 2.35 bits per heavy atom. The molecule has 2 rings (SSSR count). The lowest BCUT2D eigenvalue weighted by molar-refractivity contribution is -0.120. The zero-order valence-corrected chi connectivity index (χ0v) is 15.4. The number of rotatable bonds is 6. The standard InChI is InChI=1S/C19H26N2OS/c1-13(2)16-6-8-17(9-7-16)20-19(22)15(4)21(5)12-18-14(3)10-11-23-18/h6-11,13,15H,12H2,1-5H3,(H,20,22)/t15-/m0/s1. The highest BCUT2D eigenvalue weighted by molar-refractivity contribution is 7.10. The molecule has 4 heteroatoms. The van der Waals surface area contributed by atoms with Gasteiger partial charge in [-0.3, -0.25) is 9.69 Å². The third-order valence-electron chi connectivity index (χ3n) is 4.25. The van der Waals surface area contributed by atoms with Gasteiger partial charge in [-0.25, -0.2) is 0 Å². The van der Waals surface area contributed by atoms with Crippen molar-refractivity contribution in [3.05, 3.63) is 51.7 Å². The lowest BCUT2D eigenvalue weighted by atomic mass is 10.0. The van der Waals surface area contributed by atoms with E-state index in [0.29, 0.717) is 5.92 Å². The predicted molar refractivity (Wildman–Crippen MR) is 99.1 cm³/mol. The minimum atomic E-state index is -0.179. The number of thiophene rings is 1. The average Bonchev–Trinajstić information content (AvgIpc) is 2.92. The Labute approximate surface area is 143 Å². The average molecular weight is 330 g/mol. The first-order valence-corrected chi connectivity index (χ1v) is 8.90. The van der Waals surface area contributed by atoms with Gasteiger partial charge >= 0.3 is 0 Å². The van der Waals surface area contributed by atoms with Crippen LogP contribution in [0.4, 0.5) is 5.69 Å². The second-order valence-corrected chi connectivity index (χ2v) is 7.38. The largest absolute Gasteiger partial charge is 0.325 e. The van der Waals surface area contributed by atoms with Gasteiger partial charge in [-0.1, -0.05) is 26.0 Å². The van der Waals surface area contributed by atoms with E-state index in [1.165, 1.54) is 16.0 Å². The van der Waals surface area contributed by atoms with E-state index in [1.807, 2.05) is 26.1 Å². The number of anilines is 1. The summed E-state index contributed by atoms with van der Waals surface area (Å²) in [7, 11) is 1.99. The first-order chi connectivity index (χ1) is 10.9. The first-order valence-electron chi connectivity index (χ1n) is 8.02. The summed E-state index contributed by atoms with van der Waals surface area (Å²) in [5.74, 6) is 0.526. The summed E-state index contributed by atoms with van der Waals surface area (Å²) in [5.41, 5.74) is 3.42. The van der Waals surface area contributed by atoms with Crippen molar-refractivity contribution in [3.63, 3.8) is 0 Å². The van der Waals surface area contributed by atoms with Crippen LogP contribution >= 0.6 is 11.3 Å². The molecule has 1 atom stereocenters. The van der Waals surface area contributed by atoms with Crippen molar-refractivity contribution >= 4 is 22.9 Å². The van der Waals surface area contributed by atoms with Gasteiger partial charge in [-0.05, 0) is 61.5 Å². The van der Waals surface area contributed by atoms with Crippen LogP contribution in [0.1, 0.15) is 42.7 Å². The molecule has 23 heavy (non-hydrogen) atoms. The molecule has 0 aliphatic rings. The molecule has 0 saturated carbocycles. The number of carbonyl (C=O) groups is 1. The third-order valence-corrected chi connectivity index (χ3v) is 5.25. The number of hydrogen-bond acceptors (Lipinski definition) is 3. The number of amides is 1. The highest BCUT2D eigenvalue weighted by atomic mass is 32.1. The van der Waals surface area contributed by atoms with Gasteiger partial charge in [0.2, 0.25) is 5.91 Å². The maximum Gasteiger partial charge on any atom is 0.241 e. The Morgan fingerprint density at radius 2 is 1.83 bits per heavy atom. The van der Waals surface area contributed by atoms with Gasteiger partial charge in [0.15, 0.2) is 0 Å². The lowest BCUT2D eigenvalue weighted by Crippen LogP contribution is -2.39. The molecule has 0 unspecified atom stereocenters. The number of nitrogens with one attached hydrogen (secondary N) is 1. The molecule has 0 aliphatic heterocycles. The minimum Gasteiger partial charge on any atom is -0.325 e. The van der Waals surface area contributed by atoms with Gasteiger partial charge in [-0.2, -0.15) is 0 Å². The molecule has 0 spiro atoms. The molecule has 2 aromatic rings. The normalized spacial score (nSPS) is 12.7. The summed E-state index contributed by atoms with van der Waals surface area (Å²) in [4.78, 5) is 15.8. The number of likely N-dealkylation sites (N-methyl/N-ethyl adjacent to an activating group) is 1. The Balaban J connectivity index is 1.95. The van der Waals surface area contributed by atoms with Gasteiger partial charge in [0, 0.05) is 17.1 Å². The second kappa shape index (κ2) is 7.75. The quantitative estimate of drug-likeness (QED) is 0.837. The van der Waals surface area contributed by atoms with Crippen LogP contribution in [0.25, 0.3) is 0 Å². The Hall–Kier alpha value is -1.65. The van der Waals surface area contributed by atoms with Gasteiger partial charge in [0.05, 0.1) is 6.04 Å². The van der Waals surface area contributed by atoms with Crippen molar-refractivity contribution in [2.24, 2.45) is 0 Å². The Kier molecular flexibility index (Phi) is 5.97. The van der Waals surface area contributed by atoms with Gasteiger partial charge in [0.1, 0.15) is 0 Å². The van der Waals surface area contributed by atoms with Gasteiger partial charge in [-0.15, -0.1) is 11.3 Å². The third kappa shape index (κ3) is 4.66. The Bertz CT molecular complexity index is 646. The van der Waals surface area contributed by atoms with Crippen molar-refractivity contribution in [3.8, 4) is 0 Å². The first kappa shape index (κ1) is 17.7. The number of aryl methyl sites for hydroxylation is 1. The zero-order valence-electron chi connectivity index (χ0n) is 14.6. The van der Waals surface area contributed by atoms with Crippen LogP contribution in [0, 0.1) is 6.92 Å². The highest BCUT2D eigenvalue weighted by Crippen LogP contribution is 2.20. The maximum absolute atomic E-state index is 12.4. The Morgan fingerprint density at radius 1 is 1.17 bits per heavy atom. The molecular weight excluding hydrogens is 304 g/mol. The molecule has 1 heterocycles. The van der Waals surface area contributed by atoms with Gasteiger partial charge < -0.3 is 5.32 Å². The van der Waals surface area contributed by atoms with E-state index in [0.717, 1.165) is 12.2 Å². The smallest absolute Gasteiger partial charge is 0.241 e. The van der Waals surface area contributed by atoms with E-state index in [-0.39, 0.29) is 11.9 Å². The summed E-state index contributed by atoms with van der Waals surface area (Å²) in [6.07, 6.45) is 0. The molecule has 1 N–H and O–H groups in total. The fraction of sp³-hybridized carbons (Fsp3) is 0.421. The fourth-order valence-corrected chi connectivity index (χ4v) is 3.30. The molecule has 0 radical (unpaired) electrons. The number of hydrogen-bond donors (Lipinski definition) is 1. The van der Waals surface area contributed by atoms with Crippen LogP contribution in [-0.2, 0) is 11.3 Å². The van der Waals surface area contributed by atoms with E-state index < -0.39 is 0 Å². The number of benzene rings is 1. The van der Waals surface area contributed by atoms with Gasteiger partial charge in [0.25, 0.3) is 0 Å². The number of carbonyl (C=O) groups excluding carboxylic acids is 1. The lowest BCUT2D eigenvalue weighted by Gasteiger charge is -2.23. The second-order valence-electron chi connectivity index (χ2n) is 6.38. The van der Waals surface area contributed by atoms with Crippen molar-refractivity contribution in [2.75, 3.05) is 12.4 Å². The predicted octanol–water partition coefficient (Wildman–Crippen LogP) is 4.64. The fourth-order valence-electron chi connectivity index (χ4n) is 2.33. The van der Waals surface area contributed by atoms with E-state index in [2.05, 4.69) is 54.6 Å². The van der Waals surface area contributed by atoms with E-state index in [1.54, 1.807) is 11.3 Å². The summed E-state index contributed by atoms with van der Waals surface area (Å²) < 4.78 is 0. The zero-order chi connectivity index (χ0) is 17.0. The van der Waals surface area contributed by atoms with Crippen molar-refractivity contribution in [1.82, 2.24) is 4.90 Å². The molecular formula is C19H26N2OS. The molecule has 3 nitrogen and oxygen atoms in total. The molecule has 1 aromatic carbocycles. The SMILES string of the molecule is Cc1ccsc1CN(C)[C@@H](C)C(=O)Nc1ccc(C(C)C)cc1. The topological polar surface area (TPSA) is 32.3 Å². The van der Waals surface area contributed by atoms with Crippen molar-refractivity contribution in [2.45, 2.75) is 46.2 Å². The van der Waals surface area contributed by atoms with E-state index in [4.69, 9.17) is 0 Å². The highest BCUT2D eigenvalue weighted by Gasteiger charge is 2.19. The van der Waals surface area contributed by atoms with Crippen molar-refractivity contribution < 1.29 is 4.79 Å².